The standard InChI is InChI=1S/C12H17NO5S/c1-13(11(14)16-2)7-6-9(18-12(15)17-3)10-5-4-8-19-10/h4-5,8-9H,6-7H2,1-3H3/t9-/m0/s1. The number of methoxy groups -OCH3 is 2. The monoisotopic (exact) mass is 287 g/mol. The average Bonchev–Trinajstić information content (AvgIpc) is 2.95. The van der Waals surface area contributed by atoms with E-state index in [2.05, 4.69) is 9.47 Å². The summed E-state index contributed by atoms with van der Waals surface area (Å²) in [5.74, 6) is 0. The van der Waals surface area contributed by atoms with Gasteiger partial charge in [-0.2, -0.15) is 0 Å². The number of amides is 1. The topological polar surface area (TPSA) is 65.1 Å². The van der Waals surface area contributed by atoms with Gasteiger partial charge >= 0.3 is 12.2 Å². The zero-order chi connectivity index (χ0) is 14.3. The number of hydrogen-bond acceptors (Lipinski definition) is 6. The SMILES string of the molecule is COC(=O)O[C@@H](CCN(C)C(=O)OC)c1cccs1. The van der Waals surface area contributed by atoms with Gasteiger partial charge in [0.2, 0.25) is 0 Å². The van der Waals surface area contributed by atoms with E-state index in [1.54, 1.807) is 7.05 Å². The normalized spacial score (nSPS) is 11.5. The second-order valence-corrected chi connectivity index (χ2v) is 4.74. The summed E-state index contributed by atoms with van der Waals surface area (Å²) in [4.78, 5) is 24.8. The van der Waals surface area contributed by atoms with E-state index in [1.165, 1.54) is 30.5 Å². The van der Waals surface area contributed by atoms with Gasteiger partial charge in [-0.3, -0.25) is 0 Å². The summed E-state index contributed by atoms with van der Waals surface area (Å²) in [6, 6.07) is 3.74. The molecule has 0 fully saturated rings. The van der Waals surface area contributed by atoms with Crippen molar-refractivity contribution < 1.29 is 23.8 Å². The van der Waals surface area contributed by atoms with Crippen LogP contribution in [0.4, 0.5) is 9.59 Å². The van der Waals surface area contributed by atoms with Gasteiger partial charge in [-0.25, -0.2) is 9.59 Å². The van der Waals surface area contributed by atoms with Crippen molar-refractivity contribution in [1.82, 2.24) is 4.90 Å². The fourth-order valence-electron chi connectivity index (χ4n) is 1.46. The van der Waals surface area contributed by atoms with Crippen LogP contribution in [-0.4, -0.2) is 45.0 Å². The lowest BCUT2D eigenvalue weighted by molar-refractivity contribution is 0.0313. The summed E-state index contributed by atoms with van der Waals surface area (Å²) in [6.45, 7) is 0.409. The summed E-state index contributed by atoms with van der Waals surface area (Å²) in [6.07, 6.45) is -1.12. The molecule has 0 radical (unpaired) electrons. The third kappa shape index (κ3) is 4.78. The van der Waals surface area contributed by atoms with Crippen molar-refractivity contribution in [2.24, 2.45) is 0 Å². The van der Waals surface area contributed by atoms with Crippen molar-refractivity contribution >= 4 is 23.6 Å². The molecular formula is C12H17NO5S. The van der Waals surface area contributed by atoms with Crippen LogP contribution in [0.15, 0.2) is 17.5 Å². The second-order valence-electron chi connectivity index (χ2n) is 3.76. The molecule has 0 N–H and O–H groups in total. The summed E-state index contributed by atoms with van der Waals surface area (Å²) in [5, 5.41) is 1.90. The van der Waals surface area contributed by atoms with E-state index in [0.717, 1.165) is 4.88 Å². The smallest absolute Gasteiger partial charge is 0.453 e. The zero-order valence-corrected chi connectivity index (χ0v) is 11.9. The lowest BCUT2D eigenvalue weighted by Gasteiger charge is -2.20. The van der Waals surface area contributed by atoms with Crippen LogP contribution in [0.25, 0.3) is 0 Å². The fourth-order valence-corrected chi connectivity index (χ4v) is 2.25. The maximum Gasteiger partial charge on any atom is 0.508 e. The summed E-state index contributed by atoms with van der Waals surface area (Å²) < 4.78 is 14.3. The van der Waals surface area contributed by atoms with Crippen LogP contribution < -0.4 is 0 Å². The minimum atomic E-state index is -0.737. The van der Waals surface area contributed by atoms with Crippen LogP contribution in [0.5, 0.6) is 0 Å². The predicted molar refractivity (Wildman–Crippen MR) is 70.2 cm³/mol. The molecule has 0 aliphatic heterocycles. The Kier molecular flexibility index (Phi) is 6.14. The highest BCUT2D eigenvalue weighted by molar-refractivity contribution is 7.10. The van der Waals surface area contributed by atoms with E-state index in [4.69, 9.17) is 4.74 Å². The van der Waals surface area contributed by atoms with E-state index in [-0.39, 0.29) is 0 Å². The number of hydrogen-bond donors (Lipinski definition) is 0. The van der Waals surface area contributed by atoms with Gasteiger partial charge < -0.3 is 19.1 Å². The van der Waals surface area contributed by atoms with Gasteiger partial charge in [0.15, 0.2) is 0 Å². The number of carbonyl (C=O) groups excluding carboxylic acids is 2. The van der Waals surface area contributed by atoms with Crippen molar-refractivity contribution in [2.75, 3.05) is 27.8 Å². The van der Waals surface area contributed by atoms with Gasteiger partial charge in [-0.1, -0.05) is 6.07 Å². The number of rotatable bonds is 5. The molecule has 19 heavy (non-hydrogen) atoms. The van der Waals surface area contributed by atoms with Crippen LogP contribution >= 0.6 is 11.3 Å². The molecule has 1 aromatic heterocycles. The van der Waals surface area contributed by atoms with Gasteiger partial charge in [0.1, 0.15) is 6.10 Å². The molecule has 7 heteroatoms. The van der Waals surface area contributed by atoms with Gasteiger partial charge in [0.05, 0.1) is 14.2 Å². The molecule has 106 valence electrons. The van der Waals surface area contributed by atoms with Crippen molar-refractivity contribution in [3.05, 3.63) is 22.4 Å². The molecule has 6 nitrogen and oxygen atoms in total. The molecule has 1 amide bonds. The van der Waals surface area contributed by atoms with Crippen LogP contribution in [0, 0.1) is 0 Å². The zero-order valence-electron chi connectivity index (χ0n) is 11.1. The van der Waals surface area contributed by atoms with Crippen molar-refractivity contribution in [1.29, 1.82) is 0 Å². The number of thiophene rings is 1. The first-order valence-electron chi connectivity index (χ1n) is 5.65. The quantitative estimate of drug-likeness (QED) is 0.779. The molecule has 0 aliphatic carbocycles. The van der Waals surface area contributed by atoms with Crippen LogP contribution in [0.1, 0.15) is 17.4 Å². The van der Waals surface area contributed by atoms with E-state index < -0.39 is 18.4 Å². The van der Waals surface area contributed by atoms with Crippen LogP contribution in [-0.2, 0) is 14.2 Å². The number of carbonyl (C=O) groups is 2. The van der Waals surface area contributed by atoms with Crippen LogP contribution in [0.3, 0.4) is 0 Å². The largest absolute Gasteiger partial charge is 0.508 e. The van der Waals surface area contributed by atoms with E-state index >= 15 is 0 Å². The molecule has 0 unspecified atom stereocenters. The van der Waals surface area contributed by atoms with Crippen molar-refractivity contribution in [2.45, 2.75) is 12.5 Å². The third-order valence-corrected chi connectivity index (χ3v) is 3.44. The Morgan fingerprint density at radius 2 is 2.11 bits per heavy atom. The first-order chi connectivity index (χ1) is 9.08. The maximum absolute atomic E-state index is 11.3. The highest BCUT2D eigenvalue weighted by Crippen LogP contribution is 2.26. The number of ether oxygens (including phenoxy) is 3. The third-order valence-electron chi connectivity index (χ3n) is 2.48. The summed E-state index contributed by atoms with van der Waals surface area (Å²) in [5.41, 5.74) is 0. The minimum absolute atomic E-state index is 0.409. The molecule has 1 atom stereocenters. The fraction of sp³-hybridized carbons (Fsp3) is 0.500. The first kappa shape index (κ1) is 15.3. The molecule has 0 saturated carbocycles. The molecular weight excluding hydrogens is 270 g/mol. The molecule has 0 aromatic carbocycles. The molecule has 1 heterocycles. The molecule has 1 rings (SSSR count). The molecule has 0 bridgehead atoms. The number of nitrogens with zero attached hydrogens (tertiary/aromatic N) is 1. The molecule has 0 aliphatic rings. The first-order valence-corrected chi connectivity index (χ1v) is 6.53. The van der Waals surface area contributed by atoms with Crippen LogP contribution in [0.2, 0.25) is 0 Å². The highest BCUT2D eigenvalue weighted by Gasteiger charge is 2.20. The average molecular weight is 287 g/mol. The second kappa shape index (κ2) is 7.63. The van der Waals surface area contributed by atoms with Crippen molar-refractivity contribution in [3.8, 4) is 0 Å². The Labute approximate surface area is 115 Å². The minimum Gasteiger partial charge on any atom is -0.453 e. The van der Waals surface area contributed by atoms with E-state index in [9.17, 15) is 9.59 Å². The Balaban J connectivity index is 2.60. The predicted octanol–water partition coefficient (Wildman–Crippen LogP) is 2.66. The van der Waals surface area contributed by atoms with Crippen molar-refractivity contribution in [3.63, 3.8) is 0 Å². The Hall–Kier alpha value is -1.76. The Bertz CT molecular complexity index is 406. The highest BCUT2D eigenvalue weighted by atomic mass is 32.1. The van der Waals surface area contributed by atoms with E-state index in [0.29, 0.717) is 13.0 Å². The van der Waals surface area contributed by atoms with Gasteiger partial charge in [0.25, 0.3) is 0 Å². The Morgan fingerprint density at radius 1 is 1.37 bits per heavy atom. The molecule has 0 saturated heterocycles. The molecule has 1 aromatic rings. The van der Waals surface area contributed by atoms with Gasteiger partial charge in [-0.05, 0) is 11.4 Å². The Morgan fingerprint density at radius 3 is 2.63 bits per heavy atom. The molecule has 0 spiro atoms. The summed E-state index contributed by atoms with van der Waals surface area (Å²) in [7, 11) is 4.20. The van der Waals surface area contributed by atoms with E-state index in [1.807, 2.05) is 17.5 Å². The van der Waals surface area contributed by atoms with Gasteiger partial charge in [0, 0.05) is 24.9 Å². The summed E-state index contributed by atoms with van der Waals surface area (Å²) >= 11 is 1.48. The lowest BCUT2D eigenvalue weighted by atomic mass is 10.2. The lowest BCUT2D eigenvalue weighted by Crippen LogP contribution is -2.29. The van der Waals surface area contributed by atoms with Gasteiger partial charge in [-0.15, -0.1) is 11.3 Å². The maximum atomic E-state index is 11.3.